The van der Waals surface area contributed by atoms with E-state index < -0.39 is 0 Å². The fraction of sp³-hybridized carbons (Fsp3) is 0.647. The van der Waals surface area contributed by atoms with Crippen molar-refractivity contribution in [2.45, 2.75) is 64.5 Å². The van der Waals surface area contributed by atoms with E-state index in [9.17, 15) is 0 Å². The van der Waals surface area contributed by atoms with Gasteiger partial charge in [-0.2, -0.15) is 0 Å². The normalized spacial score (nSPS) is 13.5. The number of nitrogens with one attached hydrogen (secondary N) is 1. The average Bonchev–Trinajstić information content (AvgIpc) is 2.48. The van der Waals surface area contributed by atoms with E-state index in [0.29, 0.717) is 0 Å². The number of hydrogen-bond donors (Lipinski definition) is 2. The number of benzene rings is 1. The third-order valence-electron chi connectivity index (χ3n) is 4.42. The monoisotopic (exact) mass is 262 g/mol. The van der Waals surface area contributed by atoms with Crippen LogP contribution in [0.3, 0.4) is 0 Å². The lowest BCUT2D eigenvalue weighted by Crippen LogP contribution is -2.48. The lowest BCUT2D eigenvalue weighted by Gasteiger charge is -2.33. The SMILES string of the molecule is CCC(CC)(CC)NCC(N)CCc1ccccc1. The maximum Gasteiger partial charge on any atom is 0.0174 e. The largest absolute Gasteiger partial charge is 0.327 e. The average molecular weight is 262 g/mol. The fourth-order valence-corrected chi connectivity index (χ4v) is 2.57. The summed E-state index contributed by atoms with van der Waals surface area (Å²) in [5.74, 6) is 0. The number of nitrogens with two attached hydrogens (primary N) is 1. The van der Waals surface area contributed by atoms with Crippen LogP contribution in [-0.4, -0.2) is 18.1 Å². The first-order chi connectivity index (χ1) is 9.15. The Morgan fingerprint density at radius 1 is 1.05 bits per heavy atom. The second-order valence-electron chi connectivity index (χ2n) is 5.51. The lowest BCUT2D eigenvalue weighted by molar-refractivity contribution is 0.281. The molecule has 0 saturated heterocycles. The first-order valence-electron chi connectivity index (χ1n) is 7.70. The molecule has 2 nitrogen and oxygen atoms in total. The molecule has 1 rings (SSSR count). The summed E-state index contributed by atoms with van der Waals surface area (Å²) in [6.45, 7) is 7.70. The number of rotatable bonds is 9. The highest BCUT2D eigenvalue weighted by Crippen LogP contribution is 2.19. The van der Waals surface area contributed by atoms with Gasteiger partial charge in [0.15, 0.2) is 0 Å². The van der Waals surface area contributed by atoms with Gasteiger partial charge in [-0.3, -0.25) is 0 Å². The zero-order chi connectivity index (χ0) is 14.1. The molecule has 108 valence electrons. The predicted octanol–water partition coefficient (Wildman–Crippen LogP) is 3.50. The Balaban J connectivity index is 2.33. The summed E-state index contributed by atoms with van der Waals surface area (Å²) in [7, 11) is 0. The number of aryl methyl sites for hydroxylation is 1. The van der Waals surface area contributed by atoms with E-state index in [4.69, 9.17) is 5.73 Å². The van der Waals surface area contributed by atoms with Gasteiger partial charge in [0.2, 0.25) is 0 Å². The Bertz CT molecular complexity index is 322. The minimum atomic E-state index is 0.240. The van der Waals surface area contributed by atoms with Gasteiger partial charge in [-0.25, -0.2) is 0 Å². The van der Waals surface area contributed by atoms with E-state index in [1.54, 1.807) is 0 Å². The van der Waals surface area contributed by atoms with Crippen LogP contribution >= 0.6 is 0 Å². The van der Waals surface area contributed by atoms with Crippen molar-refractivity contribution >= 4 is 0 Å². The molecule has 1 unspecified atom stereocenters. The van der Waals surface area contributed by atoms with Gasteiger partial charge in [-0.15, -0.1) is 0 Å². The molecule has 0 aliphatic heterocycles. The molecule has 0 heterocycles. The summed E-state index contributed by atoms with van der Waals surface area (Å²) in [6.07, 6.45) is 5.63. The minimum Gasteiger partial charge on any atom is -0.327 e. The molecule has 0 aromatic heterocycles. The highest BCUT2D eigenvalue weighted by Gasteiger charge is 2.23. The molecular weight excluding hydrogens is 232 g/mol. The van der Waals surface area contributed by atoms with E-state index in [-0.39, 0.29) is 11.6 Å². The summed E-state index contributed by atoms with van der Waals surface area (Å²) >= 11 is 0. The second kappa shape index (κ2) is 8.34. The topological polar surface area (TPSA) is 38.0 Å². The van der Waals surface area contributed by atoms with Gasteiger partial charge in [0, 0.05) is 18.1 Å². The van der Waals surface area contributed by atoms with Gasteiger partial charge in [-0.05, 0) is 37.7 Å². The van der Waals surface area contributed by atoms with Crippen LogP contribution < -0.4 is 11.1 Å². The zero-order valence-corrected chi connectivity index (χ0v) is 12.8. The molecule has 0 fully saturated rings. The van der Waals surface area contributed by atoms with Crippen molar-refractivity contribution in [1.29, 1.82) is 0 Å². The summed E-state index contributed by atoms with van der Waals surface area (Å²) in [4.78, 5) is 0. The molecule has 1 aromatic carbocycles. The van der Waals surface area contributed by atoms with E-state index in [1.807, 2.05) is 0 Å². The van der Waals surface area contributed by atoms with Gasteiger partial charge in [0.25, 0.3) is 0 Å². The van der Waals surface area contributed by atoms with E-state index in [0.717, 1.165) is 19.4 Å². The smallest absolute Gasteiger partial charge is 0.0174 e. The Morgan fingerprint density at radius 2 is 1.63 bits per heavy atom. The maximum absolute atomic E-state index is 6.23. The minimum absolute atomic E-state index is 0.240. The lowest BCUT2D eigenvalue weighted by atomic mass is 9.89. The van der Waals surface area contributed by atoms with E-state index in [2.05, 4.69) is 56.4 Å². The van der Waals surface area contributed by atoms with Crippen molar-refractivity contribution in [3.05, 3.63) is 35.9 Å². The van der Waals surface area contributed by atoms with Gasteiger partial charge < -0.3 is 11.1 Å². The molecule has 1 aromatic rings. The third kappa shape index (κ3) is 5.33. The molecule has 0 aliphatic rings. The summed E-state index contributed by atoms with van der Waals surface area (Å²) in [5, 5.41) is 3.69. The Morgan fingerprint density at radius 3 is 2.16 bits per heavy atom. The summed E-state index contributed by atoms with van der Waals surface area (Å²) < 4.78 is 0. The van der Waals surface area contributed by atoms with Crippen LogP contribution in [-0.2, 0) is 6.42 Å². The highest BCUT2D eigenvalue weighted by atomic mass is 15.0. The van der Waals surface area contributed by atoms with Gasteiger partial charge >= 0.3 is 0 Å². The highest BCUT2D eigenvalue weighted by molar-refractivity contribution is 5.14. The Kier molecular flexibility index (Phi) is 7.11. The quantitative estimate of drug-likeness (QED) is 0.715. The molecular formula is C17H30N2. The van der Waals surface area contributed by atoms with Crippen LogP contribution in [0.2, 0.25) is 0 Å². The van der Waals surface area contributed by atoms with Crippen LogP contribution in [0, 0.1) is 0 Å². The van der Waals surface area contributed by atoms with Crippen LogP contribution in [0.1, 0.15) is 52.0 Å². The standard InChI is InChI=1S/C17H30N2/c1-4-17(5-2,6-3)19-14-16(18)13-12-15-10-8-7-9-11-15/h7-11,16,19H,4-6,12-14,18H2,1-3H3. The van der Waals surface area contributed by atoms with Crippen molar-refractivity contribution in [3.8, 4) is 0 Å². The van der Waals surface area contributed by atoms with Crippen molar-refractivity contribution in [2.75, 3.05) is 6.54 Å². The van der Waals surface area contributed by atoms with Gasteiger partial charge in [0.1, 0.15) is 0 Å². The summed E-state index contributed by atoms with van der Waals surface area (Å²) in [5.41, 5.74) is 7.89. The van der Waals surface area contributed by atoms with Crippen LogP contribution in [0.25, 0.3) is 0 Å². The second-order valence-corrected chi connectivity index (χ2v) is 5.51. The maximum atomic E-state index is 6.23. The van der Waals surface area contributed by atoms with Crippen LogP contribution in [0.15, 0.2) is 30.3 Å². The molecule has 0 saturated carbocycles. The van der Waals surface area contributed by atoms with Crippen molar-refractivity contribution < 1.29 is 0 Å². The molecule has 0 amide bonds. The van der Waals surface area contributed by atoms with Gasteiger partial charge in [-0.1, -0.05) is 51.1 Å². The van der Waals surface area contributed by atoms with Crippen LogP contribution in [0.5, 0.6) is 0 Å². The zero-order valence-electron chi connectivity index (χ0n) is 12.8. The Hall–Kier alpha value is -0.860. The molecule has 0 spiro atoms. The predicted molar refractivity (Wildman–Crippen MR) is 84.3 cm³/mol. The first-order valence-corrected chi connectivity index (χ1v) is 7.70. The molecule has 19 heavy (non-hydrogen) atoms. The van der Waals surface area contributed by atoms with Gasteiger partial charge in [0.05, 0.1) is 0 Å². The molecule has 0 bridgehead atoms. The first kappa shape index (κ1) is 16.2. The van der Waals surface area contributed by atoms with Crippen molar-refractivity contribution in [1.82, 2.24) is 5.32 Å². The fourth-order valence-electron chi connectivity index (χ4n) is 2.57. The van der Waals surface area contributed by atoms with Crippen molar-refractivity contribution in [2.24, 2.45) is 5.73 Å². The van der Waals surface area contributed by atoms with E-state index in [1.165, 1.54) is 24.8 Å². The van der Waals surface area contributed by atoms with Crippen molar-refractivity contribution in [3.63, 3.8) is 0 Å². The molecule has 1 atom stereocenters. The molecule has 0 aliphatic carbocycles. The van der Waals surface area contributed by atoms with E-state index >= 15 is 0 Å². The molecule has 2 heteroatoms. The summed E-state index contributed by atoms with van der Waals surface area (Å²) in [6, 6.07) is 10.8. The van der Waals surface area contributed by atoms with Crippen LogP contribution in [0.4, 0.5) is 0 Å². The number of hydrogen-bond acceptors (Lipinski definition) is 2. The third-order valence-corrected chi connectivity index (χ3v) is 4.42. The Labute approximate surface area is 118 Å². The molecule has 3 N–H and O–H groups in total. The molecule has 0 radical (unpaired) electrons.